The van der Waals surface area contributed by atoms with E-state index >= 15 is 0 Å². The van der Waals surface area contributed by atoms with Gasteiger partial charge in [0.2, 0.25) is 0 Å². The highest BCUT2D eigenvalue weighted by Crippen LogP contribution is 2.28. The molecular formula is C15H23NO3. The van der Waals surface area contributed by atoms with E-state index < -0.39 is 18.1 Å². The number of hydrogen-bond acceptors (Lipinski definition) is 3. The first-order valence-corrected chi connectivity index (χ1v) is 7.21. The molecule has 0 amide bonds. The Labute approximate surface area is 114 Å². The molecule has 0 unspecified atom stereocenters. The number of nitrogens with zero attached hydrogens (tertiary/aromatic N) is 1. The fourth-order valence-corrected chi connectivity index (χ4v) is 2.94. The molecule has 0 saturated heterocycles. The van der Waals surface area contributed by atoms with Crippen molar-refractivity contribution < 1.29 is 15.0 Å². The molecule has 1 saturated carbocycles. The first kappa shape index (κ1) is 14.3. The largest absolute Gasteiger partial charge is 0.390 e. The summed E-state index contributed by atoms with van der Waals surface area (Å²) in [7, 11) is 0. The van der Waals surface area contributed by atoms with Gasteiger partial charge in [0.15, 0.2) is 6.10 Å². The number of aliphatic hydroxyl groups excluding tert-OH is 2. The van der Waals surface area contributed by atoms with Gasteiger partial charge < -0.3 is 10.2 Å². The fraction of sp³-hybridized carbons (Fsp3) is 0.667. The highest BCUT2D eigenvalue weighted by Gasteiger charge is 2.33. The zero-order chi connectivity index (χ0) is 13.8. The average Bonchev–Trinajstić information content (AvgIpc) is 2.94. The predicted molar refractivity (Wildman–Crippen MR) is 73.0 cm³/mol. The van der Waals surface area contributed by atoms with Crippen molar-refractivity contribution in [3.8, 4) is 0 Å². The lowest BCUT2D eigenvalue weighted by molar-refractivity contribution is -0.0202. The third-order valence-corrected chi connectivity index (χ3v) is 4.14. The summed E-state index contributed by atoms with van der Waals surface area (Å²) in [6, 6.07) is 3.65. The maximum absolute atomic E-state index is 12.2. The number of rotatable bonds is 4. The van der Waals surface area contributed by atoms with Gasteiger partial charge in [-0.15, -0.1) is 0 Å². The second-order valence-corrected chi connectivity index (χ2v) is 5.39. The Hall–Kier alpha value is -1.13. The van der Waals surface area contributed by atoms with E-state index in [2.05, 4.69) is 0 Å². The number of aromatic nitrogens is 1. The second kappa shape index (κ2) is 6.35. The molecule has 1 aromatic rings. The highest BCUT2D eigenvalue weighted by molar-refractivity contribution is 5.84. The van der Waals surface area contributed by atoms with Crippen molar-refractivity contribution in [3.05, 3.63) is 24.0 Å². The second-order valence-electron chi connectivity index (χ2n) is 5.39. The number of aliphatic hydroxyl groups is 2. The van der Waals surface area contributed by atoms with Crippen LogP contribution < -0.4 is 0 Å². The van der Waals surface area contributed by atoms with E-state index in [4.69, 9.17) is 0 Å². The number of aryl methyl sites for hydroxylation is 1. The molecule has 0 aliphatic heterocycles. The Bertz CT molecular complexity index is 421. The van der Waals surface area contributed by atoms with Crippen LogP contribution in [0.3, 0.4) is 0 Å². The van der Waals surface area contributed by atoms with Crippen molar-refractivity contribution >= 4 is 5.91 Å². The molecule has 106 valence electrons. The molecule has 1 heterocycles. The smallest absolute Gasteiger partial charge is 0.262 e. The molecule has 2 atom stereocenters. The van der Waals surface area contributed by atoms with Crippen LogP contribution in [0, 0.1) is 5.92 Å². The number of carbonyl (C=O) groups excluding carboxylic acids is 1. The van der Waals surface area contributed by atoms with Gasteiger partial charge in [-0.3, -0.25) is 9.36 Å². The van der Waals surface area contributed by atoms with Crippen LogP contribution in [-0.4, -0.2) is 32.9 Å². The third-order valence-electron chi connectivity index (χ3n) is 4.14. The summed E-state index contributed by atoms with van der Waals surface area (Å²) in [6.07, 6.45) is 5.25. The molecule has 0 bridgehead atoms. The van der Waals surface area contributed by atoms with Crippen LogP contribution in [0.1, 0.15) is 49.5 Å². The van der Waals surface area contributed by atoms with Gasteiger partial charge in [-0.05, 0) is 37.3 Å². The highest BCUT2D eigenvalue weighted by atomic mass is 16.3. The lowest BCUT2D eigenvalue weighted by Gasteiger charge is -2.29. The topological polar surface area (TPSA) is 62.5 Å². The van der Waals surface area contributed by atoms with Crippen molar-refractivity contribution in [2.24, 2.45) is 5.92 Å². The van der Waals surface area contributed by atoms with E-state index in [1.807, 2.05) is 13.0 Å². The Morgan fingerprint density at radius 2 is 2.05 bits per heavy atom. The van der Waals surface area contributed by atoms with Gasteiger partial charge in [-0.25, -0.2) is 0 Å². The van der Waals surface area contributed by atoms with Gasteiger partial charge >= 0.3 is 0 Å². The van der Waals surface area contributed by atoms with E-state index in [9.17, 15) is 15.0 Å². The number of carbonyl (C=O) groups is 1. The Morgan fingerprint density at radius 1 is 1.37 bits per heavy atom. The van der Waals surface area contributed by atoms with Gasteiger partial charge in [0.05, 0.1) is 6.10 Å². The van der Waals surface area contributed by atoms with Crippen LogP contribution in [0.2, 0.25) is 0 Å². The zero-order valence-corrected chi connectivity index (χ0v) is 11.5. The lowest BCUT2D eigenvalue weighted by atomic mass is 9.83. The molecule has 1 fully saturated rings. The summed E-state index contributed by atoms with van der Waals surface area (Å²) >= 11 is 0. The molecule has 2 N–H and O–H groups in total. The molecule has 2 rings (SSSR count). The molecule has 1 aliphatic carbocycles. The Balaban J connectivity index is 2.05. The summed E-state index contributed by atoms with van der Waals surface area (Å²) < 4.78 is 1.46. The normalized spacial score (nSPS) is 20.2. The third kappa shape index (κ3) is 3.07. The van der Waals surface area contributed by atoms with E-state index in [0.717, 1.165) is 37.8 Å². The maximum Gasteiger partial charge on any atom is 0.262 e. The van der Waals surface area contributed by atoms with Gasteiger partial charge in [0.25, 0.3) is 5.91 Å². The molecule has 0 radical (unpaired) electrons. The summed E-state index contributed by atoms with van der Waals surface area (Å²) in [4.78, 5) is 12.2. The monoisotopic (exact) mass is 265 g/mol. The van der Waals surface area contributed by atoms with E-state index in [1.165, 1.54) is 11.0 Å². The minimum atomic E-state index is -1.32. The summed E-state index contributed by atoms with van der Waals surface area (Å²) in [5, 5.41) is 20.3. The van der Waals surface area contributed by atoms with Crippen molar-refractivity contribution in [1.29, 1.82) is 0 Å². The first-order chi connectivity index (χ1) is 9.15. The molecule has 4 heteroatoms. The molecule has 0 spiro atoms. The van der Waals surface area contributed by atoms with Crippen LogP contribution >= 0.6 is 0 Å². The molecule has 1 aromatic heterocycles. The Morgan fingerprint density at radius 3 is 2.68 bits per heavy atom. The summed E-state index contributed by atoms with van der Waals surface area (Å²) in [5.74, 6) is -0.367. The van der Waals surface area contributed by atoms with Crippen molar-refractivity contribution in [3.63, 3.8) is 0 Å². The molecule has 19 heavy (non-hydrogen) atoms. The minimum Gasteiger partial charge on any atom is -0.390 e. The minimum absolute atomic E-state index is 0.0494. The van der Waals surface area contributed by atoms with E-state index in [-0.39, 0.29) is 5.92 Å². The molecular weight excluding hydrogens is 242 g/mol. The van der Waals surface area contributed by atoms with Crippen LogP contribution in [0.4, 0.5) is 0 Å². The van der Waals surface area contributed by atoms with Crippen LogP contribution in [-0.2, 0) is 6.42 Å². The van der Waals surface area contributed by atoms with Crippen LogP contribution in [0.5, 0.6) is 0 Å². The maximum atomic E-state index is 12.2. The zero-order valence-electron chi connectivity index (χ0n) is 11.5. The predicted octanol–water partition coefficient (Wildman–Crippen LogP) is 1.99. The van der Waals surface area contributed by atoms with Crippen LogP contribution in [0.25, 0.3) is 0 Å². The molecule has 0 aromatic carbocycles. The quantitative estimate of drug-likeness (QED) is 0.875. The molecule has 4 nitrogen and oxygen atoms in total. The van der Waals surface area contributed by atoms with E-state index in [1.54, 1.807) is 12.3 Å². The van der Waals surface area contributed by atoms with Crippen LogP contribution in [0.15, 0.2) is 18.3 Å². The first-order valence-electron chi connectivity index (χ1n) is 7.21. The lowest BCUT2D eigenvalue weighted by Crippen LogP contribution is -2.42. The number of hydrogen-bond donors (Lipinski definition) is 2. The standard InChI is InChI=1S/C15H23NO3/c1-2-12-9-6-10-16(12)15(19)14(18)13(17)11-7-4-3-5-8-11/h6,9-11,13-14,17-18H,2-5,7-8H2,1H3/t13-,14+/m1/s1. The van der Waals surface area contributed by atoms with Gasteiger partial charge in [-0.1, -0.05) is 26.2 Å². The Kier molecular flexibility index (Phi) is 4.77. The fourth-order valence-electron chi connectivity index (χ4n) is 2.94. The van der Waals surface area contributed by atoms with Gasteiger partial charge in [-0.2, -0.15) is 0 Å². The van der Waals surface area contributed by atoms with Gasteiger partial charge in [0.1, 0.15) is 0 Å². The van der Waals surface area contributed by atoms with Crippen molar-refractivity contribution in [2.45, 2.75) is 57.7 Å². The van der Waals surface area contributed by atoms with Gasteiger partial charge in [0, 0.05) is 11.9 Å². The van der Waals surface area contributed by atoms with E-state index in [0.29, 0.717) is 0 Å². The SMILES string of the molecule is CCc1cccn1C(=O)[C@@H](O)[C@H](O)C1CCCCC1. The van der Waals surface area contributed by atoms with Crippen molar-refractivity contribution in [1.82, 2.24) is 4.57 Å². The average molecular weight is 265 g/mol. The summed E-state index contributed by atoms with van der Waals surface area (Å²) in [5.41, 5.74) is 0.861. The summed E-state index contributed by atoms with van der Waals surface area (Å²) in [6.45, 7) is 1.96. The molecule has 1 aliphatic rings. The van der Waals surface area contributed by atoms with Crippen molar-refractivity contribution in [2.75, 3.05) is 0 Å².